The maximum atomic E-state index is 11.7. The fourth-order valence-corrected chi connectivity index (χ4v) is 2.19. The summed E-state index contributed by atoms with van der Waals surface area (Å²) in [7, 11) is 0. The molecule has 0 bridgehead atoms. The minimum absolute atomic E-state index is 0.0727. The fourth-order valence-electron chi connectivity index (χ4n) is 2.19. The Bertz CT molecular complexity index is 583. The summed E-state index contributed by atoms with van der Waals surface area (Å²) in [6.07, 6.45) is 1.96. The van der Waals surface area contributed by atoms with Gasteiger partial charge in [-0.2, -0.15) is 0 Å². The summed E-state index contributed by atoms with van der Waals surface area (Å²) in [6.45, 7) is 1.01. The van der Waals surface area contributed by atoms with Gasteiger partial charge >= 0.3 is 6.03 Å². The van der Waals surface area contributed by atoms with E-state index in [0.29, 0.717) is 13.1 Å². The highest BCUT2D eigenvalue weighted by Crippen LogP contribution is 2.44. The first-order valence-electron chi connectivity index (χ1n) is 6.81. The van der Waals surface area contributed by atoms with Crippen molar-refractivity contribution in [2.45, 2.75) is 19.4 Å². The zero-order chi connectivity index (χ0) is 14.0. The maximum Gasteiger partial charge on any atom is 0.315 e. The van der Waals surface area contributed by atoms with E-state index in [1.165, 1.54) is 0 Å². The number of fused-ring (bicyclic) bond motifs is 1. The van der Waals surface area contributed by atoms with Crippen LogP contribution in [-0.2, 0) is 6.54 Å². The second kappa shape index (κ2) is 5.17. The zero-order valence-electron chi connectivity index (χ0n) is 11.2. The molecule has 2 aromatic rings. The normalized spacial score (nSPS) is 16.1. The van der Waals surface area contributed by atoms with Gasteiger partial charge in [0.25, 0.3) is 0 Å². The van der Waals surface area contributed by atoms with Gasteiger partial charge in [-0.15, -0.1) is 0 Å². The lowest BCUT2D eigenvalue weighted by molar-refractivity contribution is 0.202. The molecule has 1 aromatic heterocycles. The van der Waals surface area contributed by atoms with Crippen LogP contribution in [0.3, 0.4) is 0 Å². The Hall–Kier alpha value is -2.01. The Kier molecular flexibility index (Phi) is 3.36. The van der Waals surface area contributed by atoms with Crippen LogP contribution in [-0.4, -0.2) is 24.3 Å². The maximum absolute atomic E-state index is 11.7. The van der Waals surface area contributed by atoms with Crippen LogP contribution in [0.5, 0.6) is 0 Å². The van der Waals surface area contributed by atoms with E-state index in [9.17, 15) is 9.90 Å². The molecule has 1 aromatic carbocycles. The zero-order valence-corrected chi connectivity index (χ0v) is 11.2. The molecule has 1 heterocycles. The first kappa shape index (κ1) is 13.0. The van der Waals surface area contributed by atoms with Crippen molar-refractivity contribution in [1.29, 1.82) is 0 Å². The Morgan fingerprint density at radius 1 is 1.30 bits per heavy atom. The molecular weight excluding hydrogens is 256 g/mol. The van der Waals surface area contributed by atoms with Gasteiger partial charge in [-0.25, -0.2) is 4.79 Å². The molecule has 1 aliphatic rings. The third kappa shape index (κ3) is 2.77. The highest BCUT2D eigenvalue weighted by molar-refractivity contribution is 5.78. The van der Waals surface area contributed by atoms with Gasteiger partial charge < -0.3 is 20.2 Å². The van der Waals surface area contributed by atoms with Gasteiger partial charge in [-0.3, -0.25) is 0 Å². The van der Waals surface area contributed by atoms with Crippen molar-refractivity contribution in [3.8, 4) is 0 Å². The Balaban J connectivity index is 1.50. The molecule has 0 radical (unpaired) electrons. The SMILES string of the molecule is O=C(NCc1cc2ccccc2o1)NCC1(CO)CC1. The largest absolute Gasteiger partial charge is 0.459 e. The molecule has 3 N–H and O–H groups in total. The van der Waals surface area contributed by atoms with E-state index in [-0.39, 0.29) is 18.1 Å². The predicted molar refractivity (Wildman–Crippen MR) is 75.2 cm³/mol. The summed E-state index contributed by atoms with van der Waals surface area (Å²) in [6, 6.07) is 9.43. The molecule has 5 heteroatoms. The van der Waals surface area contributed by atoms with Crippen molar-refractivity contribution in [3.05, 3.63) is 36.1 Å². The minimum atomic E-state index is -0.231. The Morgan fingerprint density at radius 3 is 2.80 bits per heavy atom. The van der Waals surface area contributed by atoms with Crippen LogP contribution < -0.4 is 10.6 Å². The first-order chi connectivity index (χ1) is 9.71. The average Bonchev–Trinajstić information content (AvgIpc) is 3.14. The van der Waals surface area contributed by atoms with Gasteiger partial charge in [0, 0.05) is 17.3 Å². The monoisotopic (exact) mass is 274 g/mol. The molecule has 0 aliphatic heterocycles. The second-order valence-corrected chi connectivity index (χ2v) is 5.44. The summed E-state index contributed by atoms with van der Waals surface area (Å²) in [5.74, 6) is 0.727. The van der Waals surface area contributed by atoms with Gasteiger partial charge in [0.2, 0.25) is 0 Å². The van der Waals surface area contributed by atoms with Crippen LogP contribution in [0, 0.1) is 5.41 Å². The molecule has 1 aliphatic carbocycles. The number of hydrogen-bond acceptors (Lipinski definition) is 3. The van der Waals surface area contributed by atoms with Crippen molar-refractivity contribution in [3.63, 3.8) is 0 Å². The molecule has 0 spiro atoms. The smallest absolute Gasteiger partial charge is 0.315 e. The molecule has 5 nitrogen and oxygen atoms in total. The van der Waals surface area contributed by atoms with Crippen LogP contribution in [0.15, 0.2) is 34.7 Å². The molecule has 0 saturated heterocycles. The predicted octanol–water partition coefficient (Wildman–Crippen LogP) is 2.00. The molecule has 2 amide bonds. The van der Waals surface area contributed by atoms with Crippen LogP contribution in [0.4, 0.5) is 4.79 Å². The highest BCUT2D eigenvalue weighted by atomic mass is 16.3. The average molecular weight is 274 g/mol. The van der Waals surface area contributed by atoms with Crippen molar-refractivity contribution in [2.24, 2.45) is 5.41 Å². The van der Waals surface area contributed by atoms with E-state index in [4.69, 9.17) is 4.42 Å². The second-order valence-electron chi connectivity index (χ2n) is 5.44. The van der Waals surface area contributed by atoms with E-state index in [1.54, 1.807) is 0 Å². The first-order valence-corrected chi connectivity index (χ1v) is 6.81. The number of hydrogen-bond donors (Lipinski definition) is 3. The van der Waals surface area contributed by atoms with Gasteiger partial charge in [0.15, 0.2) is 0 Å². The van der Waals surface area contributed by atoms with Crippen LogP contribution >= 0.6 is 0 Å². The summed E-state index contributed by atoms with van der Waals surface area (Å²) in [5, 5.41) is 15.7. The number of carbonyl (C=O) groups excluding carboxylic acids is 1. The Labute approximate surface area is 117 Å². The summed E-state index contributed by atoms with van der Waals surface area (Å²) in [5.41, 5.74) is 0.749. The van der Waals surface area contributed by atoms with Gasteiger partial charge in [-0.05, 0) is 25.0 Å². The molecule has 0 atom stereocenters. The summed E-state index contributed by atoms with van der Waals surface area (Å²) >= 11 is 0. The number of aliphatic hydroxyl groups is 1. The topological polar surface area (TPSA) is 74.5 Å². The lowest BCUT2D eigenvalue weighted by Gasteiger charge is -2.12. The van der Waals surface area contributed by atoms with Gasteiger partial charge in [0.1, 0.15) is 11.3 Å². The number of urea groups is 1. The van der Waals surface area contributed by atoms with Crippen LogP contribution in [0.2, 0.25) is 0 Å². The summed E-state index contributed by atoms with van der Waals surface area (Å²) < 4.78 is 5.61. The molecule has 1 fully saturated rings. The number of para-hydroxylation sites is 1. The Morgan fingerprint density at radius 2 is 2.10 bits per heavy atom. The van der Waals surface area contributed by atoms with Gasteiger partial charge in [-0.1, -0.05) is 18.2 Å². The summed E-state index contributed by atoms with van der Waals surface area (Å²) in [4.78, 5) is 11.7. The molecule has 1 saturated carbocycles. The highest BCUT2D eigenvalue weighted by Gasteiger charge is 2.42. The minimum Gasteiger partial charge on any atom is -0.459 e. The van der Waals surface area contributed by atoms with Crippen molar-refractivity contribution in [2.75, 3.05) is 13.2 Å². The van der Waals surface area contributed by atoms with E-state index < -0.39 is 0 Å². The van der Waals surface area contributed by atoms with E-state index in [1.807, 2.05) is 30.3 Å². The van der Waals surface area contributed by atoms with Crippen molar-refractivity contribution >= 4 is 17.0 Å². The standard InChI is InChI=1S/C15H18N2O3/c18-10-15(5-6-15)9-17-14(19)16-8-12-7-11-3-1-2-4-13(11)20-12/h1-4,7,18H,5-6,8-10H2,(H2,16,17,19). The van der Waals surface area contributed by atoms with E-state index >= 15 is 0 Å². The number of rotatable bonds is 5. The number of amides is 2. The lowest BCUT2D eigenvalue weighted by Crippen LogP contribution is -2.39. The van der Waals surface area contributed by atoms with E-state index in [2.05, 4.69) is 10.6 Å². The molecular formula is C15H18N2O3. The molecule has 106 valence electrons. The molecule has 3 rings (SSSR count). The molecule has 0 unspecified atom stereocenters. The number of benzene rings is 1. The quantitative estimate of drug-likeness (QED) is 0.780. The number of carbonyl (C=O) groups is 1. The van der Waals surface area contributed by atoms with Crippen molar-refractivity contribution < 1.29 is 14.3 Å². The number of furan rings is 1. The fraction of sp³-hybridized carbons (Fsp3) is 0.400. The third-order valence-electron chi connectivity index (χ3n) is 3.82. The van der Waals surface area contributed by atoms with E-state index in [0.717, 1.165) is 29.6 Å². The van der Waals surface area contributed by atoms with Crippen LogP contribution in [0.25, 0.3) is 11.0 Å². The molecule has 20 heavy (non-hydrogen) atoms. The van der Waals surface area contributed by atoms with Gasteiger partial charge in [0.05, 0.1) is 13.2 Å². The third-order valence-corrected chi connectivity index (χ3v) is 3.82. The van der Waals surface area contributed by atoms with Crippen LogP contribution in [0.1, 0.15) is 18.6 Å². The number of aliphatic hydroxyl groups excluding tert-OH is 1. The number of nitrogens with one attached hydrogen (secondary N) is 2. The van der Waals surface area contributed by atoms with Crippen molar-refractivity contribution in [1.82, 2.24) is 10.6 Å². The lowest BCUT2D eigenvalue weighted by atomic mass is 10.1.